The van der Waals surface area contributed by atoms with Gasteiger partial charge < -0.3 is 19.7 Å². The van der Waals surface area contributed by atoms with Gasteiger partial charge in [-0.2, -0.15) is 0 Å². The molecule has 0 aromatic heterocycles. The molecule has 1 fully saturated rings. The zero-order valence-corrected chi connectivity index (χ0v) is 15.8. The number of carbonyl (C=O) groups excluding carboxylic acids is 2. The third-order valence-electron chi connectivity index (χ3n) is 3.95. The summed E-state index contributed by atoms with van der Waals surface area (Å²) < 4.78 is 10.6. The zero-order chi connectivity index (χ0) is 19.9. The summed E-state index contributed by atoms with van der Waals surface area (Å²) in [4.78, 5) is 28.6. The summed E-state index contributed by atoms with van der Waals surface area (Å²) in [6, 6.07) is 8.36. The molecule has 1 aromatic rings. The number of amides is 2. The Bertz CT molecular complexity index is 697. The maximum atomic E-state index is 12.3. The van der Waals surface area contributed by atoms with E-state index in [4.69, 9.17) is 15.0 Å². The van der Waals surface area contributed by atoms with Crippen molar-refractivity contribution in [3.05, 3.63) is 46.3 Å². The molecule has 1 N–H and O–H groups in total. The van der Waals surface area contributed by atoms with Gasteiger partial charge in [-0.05, 0) is 38.3 Å². The lowest BCUT2D eigenvalue weighted by molar-refractivity contribution is 0.0455. The van der Waals surface area contributed by atoms with Gasteiger partial charge in [-0.15, -0.1) is 0 Å². The van der Waals surface area contributed by atoms with E-state index in [1.807, 2.05) is 30.3 Å². The monoisotopic (exact) mass is 375 g/mol. The normalized spacial score (nSPS) is 19.6. The molecule has 0 radical (unpaired) electrons. The van der Waals surface area contributed by atoms with Gasteiger partial charge in [0.05, 0.1) is 6.04 Å². The summed E-state index contributed by atoms with van der Waals surface area (Å²) in [5.41, 5.74) is 9.08. The van der Waals surface area contributed by atoms with E-state index in [9.17, 15) is 9.59 Å². The topological polar surface area (TPSA) is 117 Å². The molecule has 1 heterocycles. The number of nitrogens with zero attached hydrogens (tertiary/aromatic N) is 4. The zero-order valence-electron chi connectivity index (χ0n) is 15.8. The van der Waals surface area contributed by atoms with E-state index >= 15 is 0 Å². The van der Waals surface area contributed by atoms with E-state index in [0.717, 1.165) is 5.56 Å². The van der Waals surface area contributed by atoms with E-state index in [-0.39, 0.29) is 13.2 Å². The average Bonchev–Trinajstić information content (AvgIpc) is 2.60. The van der Waals surface area contributed by atoms with Crippen molar-refractivity contribution in [2.45, 2.75) is 51.5 Å². The van der Waals surface area contributed by atoms with Crippen LogP contribution >= 0.6 is 0 Å². The number of azide groups is 1. The molecule has 2 rings (SSSR count). The smallest absolute Gasteiger partial charge is 0.410 e. The lowest BCUT2D eigenvalue weighted by Gasteiger charge is -2.36. The Morgan fingerprint density at radius 1 is 1.33 bits per heavy atom. The van der Waals surface area contributed by atoms with E-state index in [1.54, 1.807) is 20.8 Å². The second-order valence-electron chi connectivity index (χ2n) is 7.30. The molecule has 0 bridgehead atoms. The fourth-order valence-corrected chi connectivity index (χ4v) is 2.72. The number of nitrogens with one attached hydrogen (secondary N) is 1. The number of piperidine rings is 1. The molecule has 0 spiro atoms. The number of likely N-dealkylation sites (tertiary alicyclic amines) is 1. The number of alkyl carbamates (subject to hydrolysis) is 1. The molecule has 2 unspecified atom stereocenters. The lowest BCUT2D eigenvalue weighted by atomic mass is 10.0. The first-order chi connectivity index (χ1) is 12.8. The highest BCUT2D eigenvalue weighted by atomic mass is 16.6. The Labute approximate surface area is 158 Å². The Kier molecular flexibility index (Phi) is 6.90. The minimum atomic E-state index is -0.625. The summed E-state index contributed by atoms with van der Waals surface area (Å²) >= 11 is 0. The molecule has 9 heteroatoms. The Hall–Kier alpha value is -2.93. The van der Waals surface area contributed by atoms with Crippen LogP contribution in [0.15, 0.2) is 35.4 Å². The highest BCUT2D eigenvalue weighted by Crippen LogP contribution is 2.17. The number of hydrogen-bond donors (Lipinski definition) is 1. The van der Waals surface area contributed by atoms with E-state index in [2.05, 4.69) is 15.3 Å². The minimum Gasteiger partial charge on any atom is -0.445 e. The van der Waals surface area contributed by atoms with Crippen molar-refractivity contribution in [1.29, 1.82) is 0 Å². The van der Waals surface area contributed by atoms with Crippen molar-refractivity contribution >= 4 is 12.2 Å². The van der Waals surface area contributed by atoms with Crippen molar-refractivity contribution < 1.29 is 19.1 Å². The molecule has 0 saturated carbocycles. The van der Waals surface area contributed by atoms with Crippen LogP contribution in [0, 0.1) is 0 Å². The van der Waals surface area contributed by atoms with Crippen LogP contribution in [0.5, 0.6) is 0 Å². The number of hydrogen-bond acceptors (Lipinski definition) is 5. The first kappa shape index (κ1) is 20.4. The van der Waals surface area contributed by atoms with Gasteiger partial charge in [0, 0.05) is 24.0 Å². The van der Waals surface area contributed by atoms with Crippen LogP contribution in [-0.4, -0.2) is 47.9 Å². The van der Waals surface area contributed by atoms with Crippen LogP contribution in [0.3, 0.4) is 0 Å². The van der Waals surface area contributed by atoms with Gasteiger partial charge in [0.15, 0.2) is 0 Å². The standard InChI is InChI=1S/C18H25N5O4/c1-18(2,3)27-16(24)20-14-9-10-23(11-15(14)21-22-19)17(25)26-12-13-7-5-4-6-8-13/h4-8,14-15H,9-12H2,1-3H3,(H,20,24). The SMILES string of the molecule is CC(C)(C)OC(=O)NC1CCN(C(=O)OCc2ccccc2)CC1N=[N+]=[N-]. The van der Waals surface area contributed by atoms with E-state index in [0.29, 0.717) is 13.0 Å². The number of rotatable bonds is 4. The fraction of sp³-hybridized carbons (Fsp3) is 0.556. The first-order valence-corrected chi connectivity index (χ1v) is 8.78. The summed E-state index contributed by atoms with van der Waals surface area (Å²) in [6.07, 6.45) is -0.623. The number of carbonyl (C=O) groups is 2. The Morgan fingerprint density at radius 2 is 2.04 bits per heavy atom. The van der Waals surface area contributed by atoms with Crippen molar-refractivity contribution in [1.82, 2.24) is 10.2 Å². The van der Waals surface area contributed by atoms with Gasteiger partial charge in [-0.25, -0.2) is 9.59 Å². The molecule has 2 atom stereocenters. The van der Waals surface area contributed by atoms with Crippen molar-refractivity contribution in [2.24, 2.45) is 5.11 Å². The van der Waals surface area contributed by atoms with Gasteiger partial charge in [0.25, 0.3) is 0 Å². The fourth-order valence-electron chi connectivity index (χ4n) is 2.72. The van der Waals surface area contributed by atoms with Crippen LogP contribution in [0.25, 0.3) is 10.4 Å². The number of ether oxygens (including phenoxy) is 2. The molecule has 1 saturated heterocycles. The Balaban J connectivity index is 1.91. The average molecular weight is 375 g/mol. The van der Waals surface area contributed by atoms with Crippen LogP contribution in [0.2, 0.25) is 0 Å². The lowest BCUT2D eigenvalue weighted by Crippen LogP contribution is -2.55. The van der Waals surface area contributed by atoms with E-state index in [1.165, 1.54) is 4.90 Å². The maximum Gasteiger partial charge on any atom is 0.410 e. The molecular formula is C18H25N5O4. The predicted octanol–water partition coefficient (Wildman–Crippen LogP) is 3.60. The third-order valence-corrected chi connectivity index (χ3v) is 3.95. The molecule has 27 heavy (non-hydrogen) atoms. The number of benzene rings is 1. The summed E-state index contributed by atoms with van der Waals surface area (Å²) in [5.74, 6) is 0. The summed E-state index contributed by atoms with van der Waals surface area (Å²) in [6.45, 7) is 6.01. The molecule has 2 amide bonds. The van der Waals surface area contributed by atoms with E-state index < -0.39 is 29.9 Å². The molecule has 9 nitrogen and oxygen atoms in total. The minimum absolute atomic E-state index is 0.165. The molecule has 1 aliphatic heterocycles. The second kappa shape index (κ2) is 9.14. The predicted molar refractivity (Wildman–Crippen MR) is 98.9 cm³/mol. The van der Waals surface area contributed by atoms with Crippen molar-refractivity contribution in [2.75, 3.05) is 13.1 Å². The molecule has 1 aromatic carbocycles. The molecular weight excluding hydrogens is 350 g/mol. The highest BCUT2D eigenvalue weighted by Gasteiger charge is 2.33. The summed E-state index contributed by atoms with van der Waals surface area (Å²) in [5, 5.41) is 6.45. The molecule has 0 aliphatic carbocycles. The van der Waals surface area contributed by atoms with Crippen molar-refractivity contribution in [3.63, 3.8) is 0 Å². The van der Waals surface area contributed by atoms with Gasteiger partial charge in [-0.3, -0.25) is 0 Å². The highest BCUT2D eigenvalue weighted by molar-refractivity contribution is 5.69. The first-order valence-electron chi connectivity index (χ1n) is 8.78. The maximum absolute atomic E-state index is 12.3. The van der Waals surface area contributed by atoms with Gasteiger partial charge in [0.2, 0.25) is 0 Å². The summed E-state index contributed by atoms with van der Waals surface area (Å²) in [7, 11) is 0. The van der Waals surface area contributed by atoms with Crippen molar-refractivity contribution in [3.8, 4) is 0 Å². The van der Waals surface area contributed by atoms with Crippen LogP contribution in [0.4, 0.5) is 9.59 Å². The van der Waals surface area contributed by atoms with Gasteiger partial charge in [-0.1, -0.05) is 35.4 Å². The van der Waals surface area contributed by atoms with Crippen LogP contribution in [-0.2, 0) is 16.1 Å². The third kappa shape index (κ3) is 6.71. The Morgan fingerprint density at radius 3 is 2.67 bits per heavy atom. The largest absolute Gasteiger partial charge is 0.445 e. The van der Waals surface area contributed by atoms with Crippen LogP contribution < -0.4 is 5.32 Å². The molecule has 1 aliphatic rings. The quantitative estimate of drug-likeness (QED) is 0.491. The second-order valence-corrected chi connectivity index (χ2v) is 7.30. The van der Waals surface area contributed by atoms with Gasteiger partial charge >= 0.3 is 12.2 Å². The molecule has 146 valence electrons. The van der Waals surface area contributed by atoms with Gasteiger partial charge in [0.1, 0.15) is 12.2 Å². The van der Waals surface area contributed by atoms with Crippen LogP contribution in [0.1, 0.15) is 32.8 Å².